The second-order valence-corrected chi connectivity index (χ2v) is 8.65. The van der Waals surface area contributed by atoms with Crippen molar-refractivity contribution in [2.24, 2.45) is 7.05 Å². The number of aromatic nitrogens is 4. The maximum atomic E-state index is 12.4. The fourth-order valence-corrected chi connectivity index (χ4v) is 3.95. The Morgan fingerprint density at radius 3 is 2.50 bits per heavy atom. The van der Waals surface area contributed by atoms with Crippen LogP contribution in [0.15, 0.2) is 29.4 Å². The summed E-state index contributed by atoms with van der Waals surface area (Å²) in [5, 5.41) is 12.4. The van der Waals surface area contributed by atoms with Crippen LogP contribution < -0.4 is 5.32 Å². The van der Waals surface area contributed by atoms with E-state index in [4.69, 9.17) is 0 Å². The lowest BCUT2D eigenvalue weighted by Crippen LogP contribution is -2.22. The molecular weight excluding hydrogens is 366 g/mol. The third kappa shape index (κ3) is 3.96. The quantitative estimate of drug-likeness (QED) is 0.670. The fourth-order valence-electron chi connectivity index (χ4n) is 2.32. The van der Waals surface area contributed by atoms with Gasteiger partial charge in [0.05, 0.1) is 10.9 Å². The average molecular weight is 388 g/mol. The highest BCUT2D eigenvalue weighted by Crippen LogP contribution is 2.27. The summed E-state index contributed by atoms with van der Waals surface area (Å²) in [6.45, 7) is 7.83. The first kappa shape index (κ1) is 18.6. The van der Waals surface area contributed by atoms with Crippen LogP contribution in [0.1, 0.15) is 23.1 Å². The summed E-state index contributed by atoms with van der Waals surface area (Å²) >= 11 is 2.87. The predicted octanol–water partition coefficient (Wildman–Crippen LogP) is 3.98. The van der Waals surface area contributed by atoms with E-state index in [2.05, 4.69) is 20.5 Å². The molecule has 3 aromatic rings. The Morgan fingerprint density at radius 1 is 1.19 bits per heavy atom. The van der Waals surface area contributed by atoms with Crippen molar-refractivity contribution in [3.05, 3.63) is 40.4 Å². The van der Waals surface area contributed by atoms with Crippen LogP contribution in [-0.2, 0) is 11.8 Å². The number of nitrogens with one attached hydrogen (secondary N) is 1. The van der Waals surface area contributed by atoms with Gasteiger partial charge >= 0.3 is 0 Å². The summed E-state index contributed by atoms with van der Waals surface area (Å²) in [6.07, 6.45) is 0. The van der Waals surface area contributed by atoms with Crippen LogP contribution in [0.5, 0.6) is 0 Å². The van der Waals surface area contributed by atoms with Crippen LogP contribution in [0, 0.1) is 20.8 Å². The van der Waals surface area contributed by atoms with Gasteiger partial charge in [0, 0.05) is 17.5 Å². The van der Waals surface area contributed by atoms with E-state index in [0.29, 0.717) is 10.3 Å². The second kappa shape index (κ2) is 7.59. The highest BCUT2D eigenvalue weighted by molar-refractivity contribution is 8.00. The minimum absolute atomic E-state index is 0.0939. The number of thiazole rings is 1. The van der Waals surface area contributed by atoms with Crippen molar-refractivity contribution < 1.29 is 4.79 Å². The van der Waals surface area contributed by atoms with Gasteiger partial charge in [-0.2, -0.15) is 0 Å². The number of nitrogens with zero attached hydrogens (tertiary/aromatic N) is 4. The third-order valence-corrected chi connectivity index (χ3v) is 6.18. The second-order valence-electron chi connectivity index (χ2n) is 6.14. The van der Waals surface area contributed by atoms with Crippen molar-refractivity contribution in [1.29, 1.82) is 0 Å². The Kier molecular flexibility index (Phi) is 5.43. The molecule has 0 saturated heterocycles. The van der Waals surface area contributed by atoms with E-state index in [9.17, 15) is 4.79 Å². The molecule has 0 radical (unpaired) electrons. The molecule has 1 unspecified atom stereocenters. The molecule has 1 amide bonds. The molecular formula is C18H21N5OS2. The zero-order valence-electron chi connectivity index (χ0n) is 15.4. The zero-order chi connectivity index (χ0) is 18.8. The molecule has 1 atom stereocenters. The number of benzene rings is 1. The van der Waals surface area contributed by atoms with Gasteiger partial charge in [0.1, 0.15) is 0 Å². The van der Waals surface area contributed by atoms with Crippen molar-refractivity contribution in [2.45, 2.75) is 38.1 Å². The molecule has 8 heteroatoms. The smallest absolute Gasteiger partial charge is 0.239 e. The molecule has 0 fully saturated rings. The minimum Gasteiger partial charge on any atom is -0.305 e. The predicted molar refractivity (Wildman–Crippen MR) is 107 cm³/mol. The van der Waals surface area contributed by atoms with Crippen LogP contribution >= 0.6 is 23.1 Å². The van der Waals surface area contributed by atoms with E-state index in [1.54, 1.807) is 0 Å². The van der Waals surface area contributed by atoms with Crippen LogP contribution in [0.3, 0.4) is 0 Å². The topological polar surface area (TPSA) is 72.7 Å². The Bertz CT molecular complexity index is 910. The molecule has 1 N–H and O–H groups in total. The normalized spacial score (nSPS) is 12.2. The van der Waals surface area contributed by atoms with E-state index < -0.39 is 0 Å². The fraction of sp³-hybridized carbons (Fsp3) is 0.333. The van der Waals surface area contributed by atoms with Crippen LogP contribution in [0.4, 0.5) is 5.13 Å². The molecule has 1 aromatic carbocycles. The number of rotatable bonds is 5. The molecule has 0 aliphatic rings. The van der Waals surface area contributed by atoms with Gasteiger partial charge in [-0.05, 0) is 27.7 Å². The van der Waals surface area contributed by atoms with E-state index in [0.717, 1.165) is 22.0 Å². The number of aryl methyl sites for hydroxylation is 3. The molecule has 0 spiro atoms. The van der Waals surface area contributed by atoms with E-state index >= 15 is 0 Å². The SMILES string of the molecule is Cc1ccc(-c2nnc(SC(C)C(=O)Nc3nc(C)c(C)s3)n2C)cc1. The van der Waals surface area contributed by atoms with Gasteiger partial charge in [-0.1, -0.05) is 41.6 Å². The van der Waals surface area contributed by atoms with E-state index in [1.807, 2.05) is 63.6 Å². The number of carbonyl (C=O) groups excluding carboxylic acids is 1. The summed E-state index contributed by atoms with van der Waals surface area (Å²) in [4.78, 5) is 17.9. The lowest BCUT2D eigenvalue weighted by molar-refractivity contribution is -0.115. The molecule has 0 bridgehead atoms. The lowest BCUT2D eigenvalue weighted by atomic mass is 10.1. The highest BCUT2D eigenvalue weighted by atomic mass is 32.2. The molecule has 0 aliphatic carbocycles. The summed E-state index contributed by atoms with van der Waals surface area (Å²) in [5.41, 5.74) is 3.15. The van der Waals surface area contributed by atoms with Crippen LogP contribution in [-0.4, -0.2) is 30.9 Å². The number of anilines is 1. The standard InChI is InChI=1S/C18H21N5OS2/c1-10-6-8-14(9-7-10)15-21-22-18(23(15)5)26-13(4)16(24)20-17-19-11(2)12(3)25-17/h6-9,13H,1-5H3,(H,19,20,24). The number of hydrogen-bond donors (Lipinski definition) is 1. The number of hydrogen-bond acceptors (Lipinski definition) is 6. The maximum Gasteiger partial charge on any atom is 0.239 e. The first-order valence-corrected chi connectivity index (χ1v) is 9.92. The van der Waals surface area contributed by atoms with Crippen LogP contribution in [0.25, 0.3) is 11.4 Å². The van der Waals surface area contributed by atoms with Gasteiger partial charge in [0.2, 0.25) is 5.91 Å². The van der Waals surface area contributed by atoms with Crippen molar-refractivity contribution >= 4 is 34.1 Å². The molecule has 3 rings (SSSR count). The number of amides is 1. The van der Waals surface area contributed by atoms with Crippen molar-refractivity contribution in [3.63, 3.8) is 0 Å². The first-order valence-electron chi connectivity index (χ1n) is 8.23. The summed E-state index contributed by atoms with van der Waals surface area (Å²) < 4.78 is 1.91. The summed E-state index contributed by atoms with van der Waals surface area (Å²) in [6, 6.07) is 8.14. The van der Waals surface area contributed by atoms with Gasteiger partial charge in [0.25, 0.3) is 0 Å². The Balaban J connectivity index is 1.70. The third-order valence-electron chi connectivity index (χ3n) is 4.05. The first-order chi connectivity index (χ1) is 12.3. The van der Waals surface area contributed by atoms with E-state index in [-0.39, 0.29) is 11.2 Å². The van der Waals surface area contributed by atoms with E-state index in [1.165, 1.54) is 28.7 Å². The largest absolute Gasteiger partial charge is 0.305 e. The van der Waals surface area contributed by atoms with Gasteiger partial charge in [-0.15, -0.1) is 21.5 Å². The number of carbonyl (C=O) groups is 1. The molecule has 26 heavy (non-hydrogen) atoms. The monoisotopic (exact) mass is 387 g/mol. The molecule has 136 valence electrons. The van der Waals surface area contributed by atoms with Crippen molar-refractivity contribution in [2.75, 3.05) is 5.32 Å². The summed E-state index contributed by atoms with van der Waals surface area (Å²) in [7, 11) is 1.91. The molecule has 0 aliphatic heterocycles. The van der Waals surface area contributed by atoms with Gasteiger partial charge in [-0.3, -0.25) is 4.79 Å². The molecule has 2 heterocycles. The minimum atomic E-state index is -0.312. The van der Waals surface area contributed by atoms with Crippen molar-refractivity contribution in [1.82, 2.24) is 19.7 Å². The maximum absolute atomic E-state index is 12.4. The number of thioether (sulfide) groups is 1. The highest BCUT2D eigenvalue weighted by Gasteiger charge is 2.20. The van der Waals surface area contributed by atoms with Gasteiger partial charge in [-0.25, -0.2) is 4.98 Å². The average Bonchev–Trinajstić information content (AvgIpc) is 3.11. The Labute approximate surface area is 161 Å². The Morgan fingerprint density at radius 2 is 1.88 bits per heavy atom. The van der Waals surface area contributed by atoms with Crippen molar-refractivity contribution in [3.8, 4) is 11.4 Å². The summed E-state index contributed by atoms with van der Waals surface area (Å²) in [5.74, 6) is 0.690. The molecule has 2 aromatic heterocycles. The molecule has 6 nitrogen and oxygen atoms in total. The molecule has 0 saturated carbocycles. The van der Waals surface area contributed by atoms with Crippen LogP contribution in [0.2, 0.25) is 0 Å². The van der Waals surface area contributed by atoms with Gasteiger partial charge < -0.3 is 9.88 Å². The lowest BCUT2D eigenvalue weighted by Gasteiger charge is -2.10. The van der Waals surface area contributed by atoms with Gasteiger partial charge in [0.15, 0.2) is 16.1 Å². The zero-order valence-corrected chi connectivity index (χ0v) is 17.0. The Hall–Kier alpha value is -2.19.